The molecule has 1 fully saturated rings. The molecule has 1 saturated heterocycles. The van der Waals surface area contributed by atoms with Crippen LogP contribution in [0.2, 0.25) is 0 Å². The molecule has 0 aliphatic carbocycles. The SMILES string of the molecule is C=C(Nc1cc2cc(-c3cnn(C)c3)ccc2cn1)c1cccc(CN2CCCC2)c1. The highest BCUT2D eigenvalue weighted by Gasteiger charge is 2.12. The summed E-state index contributed by atoms with van der Waals surface area (Å²) >= 11 is 0. The van der Waals surface area contributed by atoms with E-state index >= 15 is 0 Å². The molecule has 1 N–H and O–H groups in total. The van der Waals surface area contributed by atoms with Crippen LogP contribution in [0.15, 0.2) is 73.7 Å². The van der Waals surface area contributed by atoms with Crippen molar-refractivity contribution >= 4 is 22.3 Å². The highest BCUT2D eigenvalue weighted by Crippen LogP contribution is 2.26. The second-order valence-electron chi connectivity index (χ2n) is 8.32. The van der Waals surface area contributed by atoms with E-state index in [1.807, 2.05) is 30.3 Å². The number of benzene rings is 2. The number of aromatic nitrogens is 3. The third kappa shape index (κ3) is 4.37. The van der Waals surface area contributed by atoms with E-state index in [9.17, 15) is 0 Å². The van der Waals surface area contributed by atoms with Crippen LogP contribution in [0.5, 0.6) is 0 Å². The van der Waals surface area contributed by atoms with Gasteiger partial charge in [-0.1, -0.05) is 36.9 Å². The van der Waals surface area contributed by atoms with Crippen LogP contribution in [0.25, 0.3) is 27.6 Å². The fourth-order valence-electron chi connectivity index (χ4n) is 4.24. The lowest BCUT2D eigenvalue weighted by atomic mass is 10.0. The number of nitrogens with zero attached hydrogens (tertiary/aromatic N) is 4. The van der Waals surface area contributed by atoms with Crippen LogP contribution in [0.1, 0.15) is 24.0 Å². The van der Waals surface area contributed by atoms with E-state index < -0.39 is 0 Å². The monoisotopic (exact) mass is 409 g/mol. The van der Waals surface area contributed by atoms with Crippen molar-refractivity contribution in [2.45, 2.75) is 19.4 Å². The molecule has 1 aliphatic heterocycles. The Morgan fingerprint density at radius 2 is 1.87 bits per heavy atom. The number of rotatable bonds is 6. The van der Waals surface area contributed by atoms with Gasteiger partial charge in [-0.25, -0.2) is 4.98 Å². The van der Waals surface area contributed by atoms with Gasteiger partial charge in [0.2, 0.25) is 0 Å². The van der Waals surface area contributed by atoms with E-state index in [-0.39, 0.29) is 0 Å². The second kappa shape index (κ2) is 8.36. The standard InChI is InChI=1S/C26H27N5/c1-19(21-7-5-6-20(12-21)17-31-10-3-4-11-31)29-26-14-24-13-22(8-9-23(24)15-27-26)25-16-28-30(2)18-25/h5-9,12-16,18H,1,3-4,10-11,17H2,2H3,(H,27,29). The lowest BCUT2D eigenvalue weighted by Crippen LogP contribution is -2.18. The van der Waals surface area contributed by atoms with E-state index in [4.69, 9.17) is 0 Å². The highest BCUT2D eigenvalue weighted by molar-refractivity contribution is 5.89. The van der Waals surface area contributed by atoms with Crippen LogP contribution in [0.4, 0.5) is 5.82 Å². The Morgan fingerprint density at radius 1 is 1.00 bits per heavy atom. The zero-order valence-corrected chi connectivity index (χ0v) is 17.9. The van der Waals surface area contributed by atoms with E-state index in [0.29, 0.717) is 0 Å². The molecular formula is C26H27N5. The van der Waals surface area contributed by atoms with Crippen LogP contribution >= 0.6 is 0 Å². The maximum atomic E-state index is 4.59. The smallest absolute Gasteiger partial charge is 0.130 e. The summed E-state index contributed by atoms with van der Waals surface area (Å²) < 4.78 is 1.82. The molecule has 1 aliphatic rings. The van der Waals surface area contributed by atoms with Crippen molar-refractivity contribution in [2.24, 2.45) is 7.05 Å². The zero-order valence-electron chi connectivity index (χ0n) is 17.9. The first-order valence-electron chi connectivity index (χ1n) is 10.8. The van der Waals surface area contributed by atoms with Crippen molar-refractivity contribution in [3.05, 3.63) is 84.8 Å². The summed E-state index contributed by atoms with van der Waals surface area (Å²) in [5, 5.41) is 9.92. The third-order valence-corrected chi connectivity index (χ3v) is 5.92. The molecule has 2 aromatic carbocycles. The Balaban J connectivity index is 1.35. The molecule has 0 amide bonds. The maximum Gasteiger partial charge on any atom is 0.130 e. The van der Waals surface area contributed by atoms with Crippen molar-refractivity contribution < 1.29 is 0 Å². The van der Waals surface area contributed by atoms with Crippen molar-refractivity contribution in [3.8, 4) is 11.1 Å². The van der Waals surface area contributed by atoms with E-state index in [1.165, 1.54) is 31.5 Å². The summed E-state index contributed by atoms with van der Waals surface area (Å²) in [5.41, 5.74) is 5.54. The number of likely N-dealkylation sites (tertiary alicyclic amines) is 1. The van der Waals surface area contributed by atoms with Gasteiger partial charge < -0.3 is 5.32 Å². The quantitative estimate of drug-likeness (QED) is 0.469. The first-order valence-corrected chi connectivity index (χ1v) is 10.8. The van der Waals surface area contributed by atoms with Crippen LogP contribution < -0.4 is 5.32 Å². The molecule has 5 rings (SSSR count). The molecule has 0 atom stereocenters. The summed E-state index contributed by atoms with van der Waals surface area (Å²) in [6.07, 6.45) is 8.44. The fourth-order valence-corrected chi connectivity index (χ4v) is 4.24. The molecule has 0 unspecified atom stereocenters. The minimum absolute atomic E-state index is 0.797. The summed E-state index contributed by atoms with van der Waals surface area (Å²) in [4.78, 5) is 7.10. The first-order chi connectivity index (χ1) is 15.1. The van der Waals surface area contributed by atoms with Crippen LogP contribution in [0.3, 0.4) is 0 Å². The van der Waals surface area contributed by atoms with Crippen molar-refractivity contribution in [3.63, 3.8) is 0 Å². The number of fused-ring (bicyclic) bond motifs is 1. The van der Waals surface area contributed by atoms with Gasteiger partial charge in [0.1, 0.15) is 5.82 Å². The Morgan fingerprint density at radius 3 is 2.68 bits per heavy atom. The summed E-state index contributed by atoms with van der Waals surface area (Å²) in [5.74, 6) is 0.797. The van der Waals surface area contributed by atoms with Gasteiger partial charge in [-0.2, -0.15) is 5.10 Å². The topological polar surface area (TPSA) is 46.0 Å². The molecule has 0 saturated carbocycles. The number of hydrogen-bond acceptors (Lipinski definition) is 4. The van der Waals surface area contributed by atoms with Gasteiger partial charge in [0.25, 0.3) is 0 Å². The molecule has 31 heavy (non-hydrogen) atoms. The summed E-state index contributed by atoms with van der Waals surface area (Å²) in [6.45, 7) is 7.67. The Bertz CT molecular complexity index is 1230. The largest absolute Gasteiger partial charge is 0.340 e. The van der Waals surface area contributed by atoms with Gasteiger partial charge in [-0.05, 0) is 66.2 Å². The maximum absolute atomic E-state index is 4.59. The Kier molecular flexibility index (Phi) is 5.26. The third-order valence-electron chi connectivity index (χ3n) is 5.92. The van der Waals surface area contributed by atoms with Crippen molar-refractivity contribution in [1.82, 2.24) is 19.7 Å². The van der Waals surface area contributed by atoms with Crippen molar-refractivity contribution in [1.29, 1.82) is 0 Å². The first kappa shape index (κ1) is 19.5. The Labute approximate surface area is 183 Å². The van der Waals surface area contributed by atoms with Crippen molar-refractivity contribution in [2.75, 3.05) is 18.4 Å². The summed E-state index contributed by atoms with van der Waals surface area (Å²) in [7, 11) is 1.93. The van der Waals surface area contributed by atoms with Gasteiger partial charge in [0.05, 0.1) is 6.20 Å². The van der Waals surface area contributed by atoms with Gasteiger partial charge >= 0.3 is 0 Å². The molecule has 2 aromatic heterocycles. The second-order valence-corrected chi connectivity index (χ2v) is 8.32. The number of aryl methyl sites for hydroxylation is 1. The lowest BCUT2D eigenvalue weighted by Gasteiger charge is -2.16. The van der Waals surface area contributed by atoms with Gasteiger partial charge in [0.15, 0.2) is 0 Å². The number of anilines is 1. The highest BCUT2D eigenvalue weighted by atomic mass is 15.2. The number of hydrogen-bond donors (Lipinski definition) is 1. The van der Waals surface area contributed by atoms with E-state index in [1.54, 1.807) is 0 Å². The number of pyridine rings is 1. The molecule has 3 heterocycles. The Hall–Kier alpha value is -3.44. The molecule has 0 bridgehead atoms. The molecule has 4 aromatic rings. The van der Waals surface area contributed by atoms with Gasteiger partial charge in [-0.3, -0.25) is 9.58 Å². The predicted molar refractivity (Wildman–Crippen MR) is 128 cm³/mol. The lowest BCUT2D eigenvalue weighted by molar-refractivity contribution is 0.331. The van der Waals surface area contributed by atoms with Crippen LogP contribution in [-0.2, 0) is 13.6 Å². The molecule has 156 valence electrons. The van der Waals surface area contributed by atoms with Gasteiger partial charge in [0, 0.05) is 42.6 Å². The molecule has 5 heteroatoms. The number of nitrogens with one attached hydrogen (secondary N) is 1. The zero-order chi connectivity index (χ0) is 21.2. The molecule has 0 spiro atoms. The normalized spacial score (nSPS) is 14.2. The molecule has 5 nitrogen and oxygen atoms in total. The van der Waals surface area contributed by atoms with Gasteiger partial charge in [-0.15, -0.1) is 0 Å². The predicted octanol–water partition coefficient (Wildman–Crippen LogP) is 5.31. The van der Waals surface area contributed by atoms with E-state index in [2.05, 4.69) is 75.4 Å². The fraction of sp³-hybridized carbons (Fsp3) is 0.231. The molecular weight excluding hydrogens is 382 g/mol. The molecule has 0 radical (unpaired) electrons. The van der Waals surface area contributed by atoms with Crippen LogP contribution in [-0.4, -0.2) is 32.8 Å². The van der Waals surface area contributed by atoms with Crippen LogP contribution in [0, 0.1) is 0 Å². The summed E-state index contributed by atoms with van der Waals surface area (Å²) in [6, 6.07) is 17.1. The van der Waals surface area contributed by atoms with E-state index in [0.717, 1.165) is 45.5 Å². The average molecular weight is 410 g/mol. The minimum Gasteiger partial charge on any atom is -0.340 e. The minimum atomic E-state index is 0.797. The average Bonchev–Trinajstić information content (AvgIpc) is 3.45.